The number of para-hydroxylation sites is 1. The lowest BCUT2D eigenvalue weighted by Crippen LogP contribution is -2.39. The van der Waals surface area contributed by atoms with Gasteiger partial charge in [0.2, 0.25) is 5.95 Å². The molecule has 1 saturated carbocycles. The summed E-state index contributed by atoms with van der Waals surface area (Å²) in [6, 6.07) is 8.43. The van der Waals surface area contributed by atoms with Gasteiger partial charge in [0, 0.05) is 12.6 Å². The molecule has 1 aromatic heterocycles. The smallest absolute Gasteiger partial charge is 0.246 e. The Morgan fingerprint density at radius 1 is 1.05 bits per heavy atom. The second kappa shape index (κ2) is 6.80. The standard InChI is InChI=1S/C16H23N5/c17-11-6-12-21(13-7-2-1-3-8-13)16-18-14-9-4-5-10-15(14)19-20-16/h4-5,9-10,13H,1-3,6-8,11-12,17H2. The van der Waals surface area contributed by atoms with Crippen LogP contribution in [-0.4, -0.2) is 34.3 Å². The molecule has 0 radical (unpaired) electrons. The lowest BCUT2D eigenvalue weighted by molar-refractivity contribution is 0.408. The van der Waals surface area contributed by atoms with Crippen LogP contribution >= 0.6 is 0 Å². The highest BCUT2D eigenvalue weighted by Crippen LogP contribution is 2.25. The number of fused-ring (bicyclic) bond motifs is 1. The van der Waals surface area contributed by atoms with Crippen molar-refractivity contribution in [1.29, 1.82) is 0 Å². The molecule has 0 aliphatic heterocycles. The van der Waals surface area contributed by atoms with Crippen molar-refractivity contribution >= 4 is 17.0 Å². The van der Waals surface area contributed by atoms with E-state index in [1.807, 2.05) is 24.3 Å². The minimum absolute atomic E-state index is 0.535. The molecule has 1 aliphatic carbocycles. The van der Waals surface area contributed by atoms with E-state index >= 15 is 0 Å². The highest BCUT2D eigenvalue weighted by molar-refractivity contribution is 5.74. The molecule has 0 amide bonds. The lowest BCUT2D eigenvalue weighted by atomic mass is 9.94. The van der Waals surface area contributed by atoms with Gasteiger partial charge in [0.25, 0.3) is 0 Å². The molecule has 1 aliphatic rings. The third-order valence-electron chi connectivity index (χ3n) is 4.22. The monoisotopic (exact) mass is 285 g/mol. The van der Waals surface area contributed by atoms with Gasteiger partial charge >= 0.3 is 0 Å². The van der Waals surface area contributed by atoms with Gasteiger partial charge in [0.1, 0.15) is 5.52 Å². The summed E-state index contributed by atoms with van der Waals surface area (Å²) >= 11 is 0. The molecule has 5 nitrogen and oxygen atoms in total. The van der Waals surface area contributed by atoms with Gasteiger partial charge in [-0.15, -0.1) is 10.2 Å². The molecule has 0 bridgehead atoms. The Kier molecular flexibility index (Phi) is 4.60. The van der Waals surface area contributed by atoms with Crippen LogP contribution in [0.5, 0.6) is 0 Å². The Bertz CT molecular complexity index is 580. The van der Waals surface area contributed by atoms with Gasteiger partial charge in [-0.25, -0.2) is 4.98 Å². The Labute approximate surface area is 125 Å². The van der Waals surface area contributed by atoms with Crippen LogP contribution in [0.3, 0.4) is 0 Å². The molecule has 2 aromatic rings. The van der Waals surface area contributed by atoms with Crippen LogP contribution < -0.4 is 10.6 Å². The topological polar surface area (TPSA) is 67.9 Å². The van der Waals surface area contributed by atoms with E-state index in [0.717, 1.165) is 29.9 Å². The zero-order chi connectivity index (χ0) is 14.5. The Morgan fingerprint density at radius 3 is 2.57 bits per heavy atom. The van der Waals surface area contributed by atoms with Crippen molar-refractivity contribution in [2.75, 3.05) is 18.0 Å². The molecule has 0 atom stereocenters. The van der Waals surface area contributed by atoms with E-state index in [-0.39, 0.29) is 0 Å². The summed E-state index contributed by atoms with van der Waals surface area (Å²) in [6.07, 6.45) is 7.35. The van der Waals surface area contributed by atoms with E-state index < -0.39 is 0 Å². The number of anilines is 1. The molecule has 1 aromatic carbocycles. The fourth-order valence-electron chi connectivity index (χ4n) is 3.09. The third kappa shape index (κ3) is 3.29. The summed E-state index contributed by atoms with van der Waals surface area (Å²) in [5, 5.41) is 8.68. The van der Waals surface area contributed by atoms with Crippen molar-refractivity contribution in [1.82, 2.24) is 15.2 Å². The quantitative estimate of drug-likeness (QED) is 0.914. The molecule has 5 heteroatoms. The SMILES string of the molecule is NCCCN(c1nnc2ccccc2n1)C1CCCCC1. The number of aromatic nitrogens is 3. The van der Waals surface area contributed by atoms with Crippen LogP contribution in [0, 0.1) is 0 Å². The van der Waals surface area contributed by atoms with E-state index in [0.29, 0.717) is 12.6 Å². The summed E-state index contributed by atoms with van der Waals surface area (Å²) in [7, 11) is 0. The van der Waals surface area contributed by atoms with Crippen LogP contribution in [0.2, 0.25) is 0 Å². The molecule has 2 N–H and O–H groups in total. The number of benzene rings is 1. The molecule has 3 rings (SSSR count). The first-order chi connectivity index (χ1) is 10.4. The number of hydrogen-bond donors (Lipinski definition) is 1. The molecule has 112 valence electrons. The number of nitrogens with two attached hydrogens (primary N) is 1. The van der Waals surface area contributed by atoms with E-state index in [9.17, 15) is 0 Å². The molecule has 0 unspecified atom stereocenters. The predicted octanol–water partition coefficient (Wildman–Crippen LogP) is 2.51. The molecule has 1 fully saturated rings. The first kappa shape index (κ1) is 14.2. The van der Waals surface area contributed by atoms with Crippen molar-refractivity contribution in [2.24, 2.45) is 5.73 Å². The average Bonchev–Trinajstić information content (AvgIpc) is 2.56. The first-order valence-electron chi connectivity index (χ1n) is 7.94. The number of hydrogen-bond acceptors (Lipinski definition) is 5. The zero-order valence-corrected chi connectivity index (χ0v) is 12.4. The van der Waals surface area contributed by atoms with E-state index in [1.165, 1.54) is 32.1 Å². The van der Waals surface area contributed by atoms with E-state index in [2.05, 4.69) is 15.1 Å². The second-order valence-corrected chi connectivity index (χ2v) is 5.73. The van der Waals surface area contributed by atoms with Gasteiger partial charge in [-0.2, -0.15) is 0 Å². The van der Waals surface area contributed by atoms with Crippen LogP contribution in [0.15, 0.2) is 24.3 Å². The number of nitrogens with zero attached hydrogens (tertiary/aromatic N) is 4. The van der Waals surface area contributed by atoms with Crippen molar-refractivity contribution in [3.63, 3.8) is 0 Å². The summed E-state index contributed by atoms with van der Waals surface area (Å²) in [5.74, 6) is 0.758. The normalized spacial score (nSPS) is 16.2. The molecule has 21 heavy (non-hydrogen) atoms. The molecular formula is C16H23N5. The highest BCUT2D eigenvalue weighted by Gasteiger charge is 2.23. The van der Waals surface area contributed by atoms with Gasteiger partial charge in [-0.3, -0.25) is 0 Å². The third-order valence-corrected chi connectivity index (χ3v) is 4.22. The van der Waals surface area contributed by atoms with Gasteiger partial charge in [0.15, 0.2) is 0 Å². The fraction of sp³-hybridized carbons (Fsp3) is 0.562. The van der Waals surface area contributed by atoms with Gasteiger partial charge in [0.05, 0.1) is 5.52 Å². The van der Waals surface area contributed by atoms with Crippen LogP contribution in [0.4, 0.5) is 5.95 Å². The summed E-state index contributed by atoms with van der Waals surface area (Å²) in [6.45, 7) is 1.62. The Morgan fingerprint density at radius 2 is 1.81 bits per heavy atom. The van der Waals surface area contributed by atoms with E-state index in [1.54, 1.807) is 0 Å². The predicted molar refractivity (Wildman–Crippen MR) is 85.2 cm³/mol. The van der Waals surface area contributed by atoms with Crippen LogP contribution in [-0.2, 0) is 0 Å². The molecule has 0 saturated heterocycles. The van der Waals surface area contributed by atoms with Gasteiger partial charge in [-0.05, 0) is 37.9 Å². The molecule has 1 heterocycles. The molecule has 0 spiro atoms. The first-order valence-corrected chi connectivity index (χ1v) is 7.94. The minimum Gasteiger partial charge on any atom is -0.336 e. The largest absolute Gasteiger partial charge is 0.336 e. The fourth-order valence-corrected chi connectivity index (χ4v) is 3.09. The van der Waals surface area contributed by atoms with Gasteiger partial charge < -0.3 is 10.6 Å². The summed E-state index contributed by atoms with van der Waals surface area (Å²) in [4.78, 5) is 7.04. The van der Waals surface area contributed by atoms with Crippen molar-refractivity contribution < 1.29 is 0 Å². The average molecular weight is 285 g/mol. The second-order valence-electron chi connectivity index (χ2n) is 5.73. The summed E-state index contributed by atoms with van der Waals surface area (Å²) < 4.78 is 0. The van der Waals surface area contributed by atoms with Crippen molar-refractivity contribution in [3.8, 4) is 0 Å². The maximum Gasteiger partial charge on any atom is 0.246 e. The maximum atomic E-state index is 5.69. The van der Waals surface area contributed by atoms with Crippen LogP contribution in [0.25, 0.3) is 11.0 Å². The highest BCUT2D eigenvalue weighted by atomic mass is 15.3. The minimum atomic E-state index is 0.535. The van der Waals surface area contributed by atoms with Crippen molar-refractivity contribution in [2.45, 2.75) is 44.6 Å². The van der Waals surface area contributed by atoms with E-state index in [4.69, 9.17) is 10.7 Å². The van der Waals surface area contributed by atoms with Gasteiger partial charge in [-0.1, -0.05) is 31.4 Å². The Balaban J connectivity index is 1.88. The van der Waals surface area contributed by atoms with Crippen LogP contribution in [0.1, 0.15) is 38.5 Å². The molecular weight excluding hydrogens is 262 g/mol. The van der Waals surface area contributed by atoms with Crippen molar-refractivity contribution in [3.05, 3.63) is 24.3 Å². The summed E-state index contributed by atoms with van der Waals surface area (Å²) in [5.41, 5.74) is 7.46. The zero-order valence-electron chi connectivity index (χ0n) is 12.4. The lowest BCUT2D eigenvalue weighted by Gasteiger charge is -2.34. The maximum absolute atomic E-state index is 5.69. The Hall–Kier alpha value is -1.75. The number of rotatable bonds is 5.